The molecule has 2 rings (SSSR count). The monoisotopic (exact) mass is 454 g/mol. The fourth-order valence-corrected chi connectivity index (χ4v) is 5.15. The topological polar surface area (TPSA) is 66.5 Å². The summed E-state index contributed by atoms with van der Waals surface area (Å²) >= 11 is 7.64. The summed E-state index contributed by atoms with van der Waals surface area (Å²) in [6.45, 7) is 4.34. The summed E-state index contributed by atoms with van der Waals surface area (Å²) in [5, 5.41) is 3.38. The number of nitrogens with zero attached hydrogens (tertiary/aromatic N) is 1. The largest absolute Gasteiger partial charge is 0.353 e. The summed E-state index contributed by atoms with van der Waals surface area (Å²) in [4.78, 5) is 12.7. The molecule has 0 aliphatic rings. The lowest BCUT2D eigenvalue weighted by Crippen LogP contribution is -2.49. The minimum absolute atomic E-state index is 0.302. The Morgan fingerprint density at radius 3 is 2.48 bits per heavy atom. The molecular formula is C21H27ClN2O3S2. The molecule has 0 heterocycles. The minimum Gasteiger partial charge on any atom is -0.353 e. The van der Waals surface area contributed by atoms with E-state index in [1.165, 1.54) is 15.4 Å². The van der Waals surface area contributed by atoms with Crippen LogP contribution in [0.5, 0.6) is 0 Å². The average Bonchev–Trinajstić information content (AvgIpc) is 2.65. The van der Waals surface area contributed by atoms with E-state index in [0.29, 0.717) is 23.7 Å². The number of aryl methyl sites for hydroxylation is 1. The number of thioether (sulfide) groups is 1. The Kier molecular flexibility index (Phi) is 8.86. The van der Waals surface area contributed by atoms with Crippen LogP contribution >= 0.6 is 23.4 Å². The van der Waals surface area contributed by atoms with Gasteiger partial charge in [0.25, 0.3) is 0 Å². The summed E-state index contributed by atoms with van der Waals surface area (Å²) < 4.78 is 25.9. The molecule has 29 heavy (non-hydrogen) atoms. The van der Waals surface area contributed by atoms with Crippen molar-refractivity contribution < 1.29 is 13.2 Å². The Hall–Kier alpha value is -1.70. The van der Waals surface area contributed by atoms with E-state index in [1.54, 1.807) is 43.0 Å². The molecule has 0 unspecified atom stereocenters. The highest BCUT2D eigenvalue weighted by Crippen LogP contribution is 2.24. The van der Waals surface area contributed by atoms with Crippen LogP contribution < -0.4 is 9.62 Å². The second-order valence-corrected chi connectivity index (χ2v) is 10.2. The summed E-state index contributed by atoms with van der Waals surface area (Å²) in [6, 6.07) is 14.0. The predicted molar refractivity (Wildman–Crippen MR) is 123 cm³/mol. The van der Waals surface area contributed by atoms with Crippen molar-refractivity contribution >= 4 is 45.0 Å². The number of halogens is 1. The normalized spacial score (nSPS) is 12.4. The van der Waals surface area contributed by atoms with E-state index < -0.39 is 16.1 Å². The zero-order chi connectivity index (χ0) is 21.4. The van der Waals surface area contributed by atoms with Gasteiger partial charge >= 0.3 is 0 Å². The number of sulfonamides is 1. The zero-order valence-electron chi connectivity index (χ0n) is 16.9. The molecule has 8 heteroatoms. The van der Waals surface area contributed by atoms with Gasteiger partial charge in [0, 0.05) is 23.1 Å². The lowest BCUT2D eigenvalue weighted by Gasteiger charge is -2.30. The van der Waals surface area contributed by atoms with Crippen LogP contribution in [0.15, 0.2) is 48.5 Å². The van der Waals surface area contributed by atoms with Crippen molar-refractivity contribution in [2.75, 3.05) is 22.9 Å². The highest BCUT2D eigenvalue weighted by Gasteiger charge is 2.31. The fourth-order valence-electron chi connectivity index (χ4n) is 3.00. The number of nitrogens with one attached hydrogen (secondary N) is 1. The number of hydrogen-bond acceptors (Lipinski definition) is 4. The van der Waals surface area contributed by atoms with Crippen molar-refractivity contribution in [1.29, 1.82) is 0 Å². The maximum Gasteiger partial charge on any atom is 0.243 e. The molecule has 0 fully saturated rings. The van der Waals surface area contributed by atoms with E-state index in [1.807, 2.05) is 6.07 Å². The third-order valence-electron chi connectivity index (χ3n) is 4.31. The van der Waals surface area contributed by atoms with Crippen LogP contribution in [0.4, 0.5) is 5.69 Å². The van der Waals surface area contributed by atoms with Gasteiger partial charge in [-0.1, -0.05) is 48.4 Å². The Labute approximate surface area is 182 Å². The number of amides is 1. The molecule has 0 radical (unpaired) electrons. The first-order chi connectivity index (χ1) is 13.7. The molecule has 0 saturated carbocycles. The van der Waals surface area contributed by atoms with Gasteiger partial charge in [0.05, 0.1) is 11.9 Å². The summed E-state index contributed by atoms with van der Waals surface area (Å²) in [7, 11) is -3.64. The van der Waals surface area contributed by atoms with Gasteiger partial charge in [-0.25, -0.2) is 8.42 Å². The quantitative estimate of drug-likeness (QED) is 0.545. The lowest BCUT2D eigenvalue weighted by molar-refractivity contribution is -0.122. The van der Waals surface area contributed by atoms with Crippen molar-refractivity contribution in [3.8, 4) is 0 Å². The average molecular weight is 455 g/mol. The predicted octanol–water partition coefficient (Wildman–Crippen LogP) is 4.24. The third kappa shape index (κ3) is 7.24. The Balaban J connectivity index is 1.95. The van der Waals surface area contributed by atoms with E-state index in [0.717, 1.165) is 17.8 Å². The van der Waals surface area contributed by atoms with Gasteiger partial charge in [0.15, 0.2) is 0 Å². The van der Waals surface area contributed by atoms with E-state index in [9.17, 15) is 13.2 Å². The molecule has 1 atom stereocenters. The molecule has 1 N–H and O–H groups in total. The van der Waals surface area contributed by atoms with Crippen molar-refractivity contribution in [2.24, 2.45) is 0 Å². The maximum absolute atomic E-state index is 12.7. The molecule has 1 amide bonds. The maximum atomic E-state index is 12.7. The molecule has 0 aromatic heterocycles. The third-order valence-corrected chi connectivity index (χ3v) is 6.77. The van der Waals surface area contributed by atoms with Crippen LogP contribution in [0.3, 0.4) is 0 Å². The SMILES string of the molecule is CC[C@H](C(=O)NCCSCc1cccc(C)c1)N(c1ccc(Cl)cc1)S(C)(=O)=O. The first-order valence-electron chi connectivity index (χ1n) is 9.38. The Bertz CT molecular complexity index is 918. The molecule has 0 bridgehead atoms. The van der Waals surface area contributed by atoms with Crippen LogP contribution in [-0.4, -0.2) is 38.9 Å². The summed E-state index contributed by atoms with van der Waals surface area (Å²) in [5.74, 6) is 1.31. The first kappa shape index (κ1) is 23.6. The van der Waals surface area contributed by atoms with Crippen molar-refractivity contribution in [1.82, 2.24) is 5.32 Å². The highest BCUT2D eigenvalue weighted by molar-refractivity contribution is 7.98. The van der Waals surface area contributed by atoms with E-state index >= 15 is 0 Å². The van der Waals surface area contributed by atoms with Gasteiger partial charge < -0.3 is 5.32 Å². The number of carbonyl (C=O) groups excluding carboxylic acids is 1. The first-order valence-corrected chi connectivity index (χ1v) is 12.8. The van der Waals surface area contributed by atoms with Crippen LogP contribution in [0, 0.1) is 6.92 Å². The number of carbonyl (C=O) groups is 1. The van der Waals surface area contributed by atoms with Gasteiger partial charge in [-0.2, -0.15) is 11.8 Å². The fraction of sp³-hybridized carbons (Fsp3) is 0.381. The molecule has 0 aliphatic heterocycles. The zero-order valence-corrected chi connectivity index (χ0v) is 19.3. The number of benzene rings is 2. The Morgan fingerprint density at radius 1 is 1.21 bits per heavy atom. The van der Waals surface area contributed by atoms with Gasteiger partial charge in [-0.3, -0.25) is 9.10 Å². The van der Waals surface area contributed by atoms with E-state index in [2.05, 4.69) is 30.4 Å². The number of hydrogen-bond donors (Lipinski definition) is 1. The summed E-state index contributed by atoms with van der Waals surface area (Å²) in [6.07, 6.45) is 1.47. The molecule has 2 aromatic rings. The second kappa shape index (κ2) is 10.9. The van der Waals surface area contributed by atoms with Gasteiger partial charge in [-0.05, 0) is 43.2 Å². The van der Waals surface area contributed by atoms with Crippen LogP contribution in [0.2, 0.25) is 5.02 Å². The lowest BCUT2D eigenvalue weighted by atomic mass is 10.2. The molecule has 0 spiro atoms. The standard InChI is InChI=1S/C21H27ClN2O3S2/c1-4-20(24(29(3,26)27)19-10-8-18(22)9-11-19)21(25)23-12-13-28-15-17-7-5-6-16(2)14-17/h5-11,14,20H,4,12-13,15H2,1-3H3,(H,23,25)/t20-/m1/s1. The molecule has 2 aromatic carbocycles. The van der Waals surface area contributed by atoms with Gasteiger partial charge in [-0.15, -0.1) is 0 Å². The Morgan fingerprint density at radius 2 is 1.90 bits per heavy atom. The van der Waals surface area contributed by atoms with E-state index in [-0.39, 0.29) is 5.91 Å². The van der Waals surface area contributed by atoms with Crippen molar-refractivity contribution in [2.45, 2.75) is 32.1 Å². The number of anilines is 1. The molecular weight excluding hydrogens is 428 g/mol. The van der Waals surface area contributed by atoms with Crippen molar-refractivity contribution in [3.05, 3.63) is 64.7 Å². The van der Waals surface area contributed by atoms with Crippen LogP contribution in [0.25, 0.3) is 0 Å². The summed E-state index contributed by atoms with van der Waals surface area (Å²) in [5.41, 5.74) is 2.90. The smallest absolute Gasteiger partial charge is 0.243 e. The van der Waals surface area contributed by atoms with E-state index in [4.69, 9.17) is 11.6 Å². The molecule has 0 aliphatic carbocycles. The van der Waals surface area contributed by atoms with Crippen molar-refractivity contribution in [3.63, 3.8) is 0 Å². The highest BCUT2D eigenvalue weighted by atomic mass is 35.5. The molecule has 158 valence electrons. The minimum atomic E-state index is -3.64. The molecule has 5 nitrogen and oxygen atoms in total. The number of rotatable bonds is 10. The van der Waals surface area contributed by atoms with Crippen LogP contribution in [-0.2, 0) is 20.6 Å². The van der Waals surface area contributed by atoms with Crippen LogP contribution in [0.1, 0.15) is 24.5 Å². The molecule has 0 saturated heterocycles. The van der Waals surface area contributed by atoms with Gasteiger partial charge in [0.1, 0.15) is 6.04 Å². The second-order valence-electron chi connectivity index (χ2n) is 6.79. The van der Waals surface area contributed by atoms with Gasteiger partial charge in [0.2, 0.25) is 15.9 Å².